The Kier molecular flexibility index (Phi) is 4.23. The first-order valence-electron chi connectivity index (χ1n) is 5.47. The molecule has 0 aliphatic rings. The Hall–Kier alpha value is -2.09. The number of carbonyl (C=O) groups is 1. The van der Waals surface area contributed by atoms with E-state index < -0.39 is 11.7 Å². The lowest BCUT2D eigenvalue weighted by Gasteiger charge is -2.07. The summed E-state index contributed by atoms with van der Waals surface area (Å²) in [5, 5.41) is 11.7. The van der Waals surface area contributed by atoms with Crippen LogP contribution in [0.5, 0.6) is 0 Å². The number of hydrogen-bond donors (Lipinski definition) is 1. The summed E-state index contributed by atoms with van der Waals surface area (Å²) >= 11 is 11.6. The maximum absolute atomic E-state index is 13.5. The average molecular weight is 309 g/mol. The third kappa shape index (κ3) is 3.08. The lowest BCUT2D eigenvalue weighted by Crippen LogP contribution is -2.13. The molecule has 1 amide bonds. The standard InChI is InChI=1S/C14H7Cl2FN2O/c15-9-2-4-13(17)11(5-9)14(20)19-10-3-1-8(7-18)12(16)6-10/h1-6H,(H,19,20). The summed E-state index contributed by atoms with van der Waals surface area (Å²) in [6.07, 6.45) is 0. The predicted molar refractivity (Wildman–Crippen MR) is 75.5 cm³/mol. The smallest absolute Gasteiger partial charge is 0.258 e. The SMILES string of the molecule is N#Cc1ccc(NC(=O)c2cc(Cl)ccc2F)cc1Cl. The fraction of sp³-hybridized carbons (Fsp3) is 0. The van der Waals surface area contributed by atoms with Crippen LogP contribution in [0.4, 0.5) is 10.1 Å². The van der Waals surface area contributed by atoms with Gasteiger partial charge in [0.25, 0.3) is 5.91 Å². The van der Waals surface area contributed by atoms with E-state index in [1.165, 1.54) is 30.3 Å². The van der Waals surface area contributed by atoms with Crippen LogP contribution in [0.1, 0.15) is 15.9 Å². The van der Waals surface area contributed by atoms with Gasteiger partial charge in [0, 0.05) is 10.7 Å². The van der Waals surface area contributed by atoms with E-state index in [4.69, 9.17) is 28.5 Å². The Morgan fingerprint density at radius 3 is 2.60 bits per heavy atom. The van der Waals surface area contributed by atoms with E-state index in [0.29, 0.717) is 11.3 Å². The third-order valence-corrected chi connectivity index (χ3v) is 3.07. The number of carbonyl (C=O) groups excluding carboxylic acids is 1. The zero-order valence-electron chi connectivity index (χ0n) is 9.95. The first-order valence-corrected chi connectivity index (χ1v) is 6.23. The van der Waals surface area contributed by atoms with Crippen LogP contribution in [0.15, 0.2) is 36.4 Å². The van der Waals surface area contributed by atoms with Gasteiger partial charge in [-0.05, 0) is 36.4 Å². The third-order valence-electron chi connectivity index (χ3n) is 2.52. The molecule has 0 heterocycles. The highest BCUT2D eigenvalue weighted by atomic mass is 35.5. The average Bonchev–Trinajstić information content (AvgIpc) is 2.41. The fourth-order valence-corrected chi connectivity index (χ4v) is 1.95. The number of benzene rings is 2. The molecule has 0 aliphatic heterocycles. The van der Waals surface area contributed by atoms with Crippen LogP contribution in [0, 0.1) is 17.1 Å². The molecule has 2 aromatic carbocycles. The summed E-state index contributed by atoms with van der Waals surface area (Å²) in [6, 6.07) is 9.99. The molecule has 0 bridgehead atoms. The summed E-state index contributed by atoms with van der Waals surface area (Å²) in [5.74, 6) is -1.32. The number of nitriles is 1. The van der Waals surface area contributed by atoms with E-state index in [1.54, 1.807) is 0 Å². The van der Waals surface area contributed by atoms with Crippen molar-refractivity contribution < 1.29 is 9.18 Å². The van der Waals surface area contributed by atoms with Crippen molar-refractivity contribution in [2.24, 2.45) is 0 Å². The van der Waals surface area contributed by atoms with Gasteiger partial charge in [0.05, 0.1) is 16.1 Å². The van der Waals surface area contributed by atoms with Gasteiger partial charge in [-0.3, -0.25) is 4.79 Å². The number of hydrogen-bond acceptors (Lipinski definition) is 2. The number of rotatable bonds is 2. The van der Waals surface area contributed by atoms with Crippen LogP contribution in [0.2, 0.25) is 10.0 Å². The van der Waals surface area contributed by atoms with E-state index in [0.717, 1.165) is 6.07 Å². The van der Waals surface area contributed by atoms with Crippen molar-refractivity contribution in [3.63, 3.8) is 0 Å². The molecule has 1 N–H and O–H groups in total. The summed E-state index contributed by atoms with van der Waals surface area (Å²) in [7, 11) is 0. The Bertz CT molecular complexity index is 726. The van der Waals surface area contributed by atoms with Crippen molar-refractivity contribution in [3.8, 4) is 6.07 Å². The molecule has 0 aromatic heterocycles. The zero-order chi connectivity index (χ0) is 14.7. The number of nitrogens with one attached hydrogen (secondary N) is 1. The quantitative estimate of drug-likeness (QED) is 0.901. The highest BCUT2D eigenvalue weighted by Gasteiger charge is 2.13. The van der Waals surface area contributed by atoms with Crippen LogP contribution in [0.25, 0.3) is 0 Å². The second-order valence-corrected chi connectivity index (χ2v) is 4.73. The lowest BCUT2D eigenvalue weighted by molar-refractivity contribution is 0.102. The fourth-order valence-electron chi connectivity index (χ4n) is 1.55. The topological polar surface area (TPSA) is 52.9 Å². The maximum Gasteiger partial charge on any atom is 0.258 e. The van der Waals surface area contributed by atoms with Gasteiger partial charge < -0.3 is 5.32 Å². The molecule has 0 spiro atoms. The molecule has 2 rings (SSSR count). The Morgan fingerprint density at radius 1 is 1.20 bits per heavy atom. The van der Waals surface area contributed by atoms with Crippen molar-refractivity contribution in [3.05, 3.63) is 63.4 Å². The largest absolute Gasteiger partial charge is 0.322 e. The monoisotopic (exact) mass is 308 g/mol. The van der Waals surface area contributed by atoms with Gasteiger partial charge in [0.1, 0.15) is 11.9 Å². The van der Waals surface area contributed by atoms with Crippen molar-refractivity contribution in [1.82, 2.24) is 0 Å². The minimum atomic E-state index is -0.674. The van der Waals surface area contributed by atoms with E-state index >= 15 is 0 Å². The van der Waals surface area contributed by atoms with Gasteiger partial charge in [-0.15, -0.1) is 0 Å². The van der Waals surface area contributed by atoms with Gasteiger partial charge >= 0.3 is 0 Å². The maximum atomic E-state index is 13.5. The zero-order valence-corrected chi connectivity index (χ0v) is 11.5. The Labute approximate surface area is 124 Å². The Balaban J connectivity index is 2.26. The summed E-state index contributed by atoms with van der Waals surface area (Å²) in [4.78, 5) is 11.9. The van der Waals surface area contributed by atoms with Crippen LogP contribution in [0.3, 0.4) is 0 Å². The molecule has 2 aromatic rings. The van der Waals surface area contributed by atoms with E-state index in [1.807, 2.05) is 6.07 Å². The lowest BCUT2D eigenvalue weighted by atomic mass is 10.2. The van der Waals surface area contributed by atoms with Gasteiger partial charge in [0.2, 0.25) is 0 Å². The second kappa shape index (κ2) is 5.91. The minimum Gasteiger partial charge on any atom is -0.322 e. The minimum absolute atomic E-state index is 0.169. The molecular weight excluding hydrogens is 302 g/mol. The van der Waals surface area contributed by atoms with E-state index in [-0.39, 0.29) is 15.6 Å². The predicted octanol–water partition coefficient (Wildman–Crippen LogP) is 4.26. The first kappa shape index (κ1) is 14.3. The molecule has 3 nitrogen and oxygen atoms in total. The molecule has 6 heteroatoms. The van der Waals surface area contributed by atoms with Crippen LogP contribution >= 0.6 is 23.2 Å². The molecule has 0 unspecified atom stereocenters. The number of halogens is 3. The summed E-state index contributed by atoms with van der Waals surface area (Å²) < 4.78 is 13.5. The van der Waals surface area contributed by atoms with Gasteiger partial charge in [-0.1, -0.05) is 23.2 Å². The highest BCUT2D eigenvalue weighted by molar-refractivity contribution is 6.32. The van der Waals surface area contributed by atoms with Crippen molar-refractivity contribution in [1.29, 1.82) is 5.26 Å². The van der Waals surface area contributed by atoms with Gasteiger partial charge in [0.15, 0.2) is 0 Å². The number of nitrogens with zero attached hydrogens (tertiary/aromatic N) is 1. The second-order valence-electron chi connectivity index (χ2n) is 3.88. The van der Waals surface area contributed by atoms with Crippen LogP contribution in [-0.4, -0.2) is 5.91 Å². The van der Waals surface area contributed by atoms with Crippen molar-refractivity contribution in [2.75, 3.05) is 5.32 Å². The van der Waals surface area contributed by atoms with E-state index in [9.17, 15) is 9.18 Å². The summed E-state index contributed by atoms with van der Waals surface area (Å²) in [6.45, 7) is 0. The molecule has 0 aliphatic carbocycles. The summed E-state index contributed by atoms with van der Waals surface area (Å²) in [5.41, 5.74) is 0.481. The van der Waals surface area contributed by atoms with Crippen molar-refractivity contribution >= 4 is 34.8 Å². The molecule has 0 fully saturated rings. The van der Waals surface area contributed by atoms with Gasteiger partial charge in [-0.25, -0.2) is 4.39 Å². The molecule has 20 heavy (non-hydrogen) atoms. The van der Waals surface area contributed by atoms with E-state index in [2.05, 4.69) is 5.32 Å². The number of amides is 1. The number of anilines is 1. The molecule has 0 radical (unpaired) electrons. The first-order chi connectivity index (χ1) is 9.51. The molecular formula is C14H7Cl2FN2O. The van der Waals surface area contributed by atoms with Crippen molar-refractivity contribution in [2.45, 2.75) is 0 Å². The van der Waals surface area contributed by atoms with Crippen LogP contribution < -0.4 is 5.32 Å². The molecule has 0 saturated heterocycles. The highest BCUT2D eigenvalue weighted by Crippen LogP contribution is 2.22. The molecule has 0 atom stereocenters. The normalized spacial score (nSPS) is 9.90. The molecule has 0 saturated carbocycles. The van der Waals surface area contributed by atoms with Crippen LogP contribution in [-0.2, 0) is 0 Å². The molecule has 100 valence electrons. The Morgan fingerprint density at radius 2 is 1.95 bits per heavy atom. The van der Waals surface area contributed by atoms with Gasteiger partial charge in [-0.2, -0.15) is 5.26 Å².